The summed E-state index contributed by atoms with van der Waals surface area (Å²) in [5, 5.41) is 3.28. The highest BCUT2D eigenvalue weighted by molar-refractivity contribution is 8.00. The first-order valence-electron chi connectivity index (χ1n) is 8.11. The summed E-state index contributed by atoms with van der Waals surface area (Å²) in [6, 6.07) is 14.3. The standard InChI is InChI=1S/C19H19N3O3S/c1-12(18-21-16-6-4-3-5-15(16)19(24)22-18)26-11-17(23)20-13-7-9-14(25-2)10-8-13/h3-10,12H,11H2,1-2H3,(H,20,23)(H,21,22,24)/t12-/m1/s1. The van der Waals surface area contributed by atoms with E-state index < -0.39 is 0 Å². The Balaban J connectivity index is 1.62. The third-order valence-electron chi connectivity index (χ3n) is 3.85. The molecule has 0 radical (unpaired) electrons. The summed E-state index contributed by atoms with van der Waals surface area (Å²) in [5.41, 5.74) is 1.20. The van der Waals surface area contributed by atoms with Gasteiger partial charge in [-0.15, -0.1) is 11.8 Å². The number of nitrogens with zero attached hydrogens (tertiary/aromatic N) is 1. The van der Waals surface area contributed by atoms with Crippen molar-refractivity contribution in [2.45, 2.75) is 12.2 Å². The van der Waals surface area contributed by atoms with Crippen molar-refractivity contribution in [3.05, 3.63) is 64.7 Å². The van der Waals surface area contributed by atoms with E-state index in [1.54, 1.807) is 43.5 Å². The van der Waals surface area contributed by atoms with Gasteiger partial charge < -0.3 is 15.0 Å². The molecule has 0 spiro atoms. The van der Waals surface area contributed by atoms with E-state index in [2.05, 4.69) is 15.3 Å². The molecule has 1 atom stereocenters. The number of benzene rings is 2. The number of anilines is 1. The van der Waals surface area contributed by atoms with Crippen molar-refractivity contribution in [1.82, 2.24) is 9.97 Å². The molecule has 0 unspecified atom stereocenters. The lowest BCUT2D eigenvalue weighted by Crippen LogP contribution is -2.16. The SMILES string of the molecule is COc1ccc(NC(=O)CS[C@H](C)c2nc3ccccc3c(=O)[nH]2)cc1. The van der Waals surface area contributed by atoms with E-state index in [9.17, 15) is 9.59 Å². The number of ether oxygens (including phenoxy) is 1. The number of rotatable bonds is 6. The number of H-pyrrole nitrogens is 1. The van der Waals surface area contributed by atoms with Crippen molar-refractivity contribution in [3.63, 3.8) is 0 Å². The van der Waals surface area contributed by atoms with E-state index in [4.69, 9.17) is 4.74 Å². The van der Waals surface area contributed by atoms with Crippen molar-refractivity contribution in [3.8, 4) is 5.75 Å². The van der Waals surface area contributed by atoms with Crippen LogP contribution in [0, 0.1) is 0 Å². The van der Waals surface area contributed by atoms with Gasteiger partial charge in [-0.05, 0) is 43.3 Å². The van der Waals surface area contributed by atoms with E-state index in [1.165, 1.54) is 11.8 Å². The molecule has 2 N–H and O–H groups in total. The smallest absolute Gasteiger partial charge is 0.258 e. The lowest BCUT2D eigenvalue weighted by atomic mass is 10.2. The number of aromatic nitrogens is 2. The van der Waals surface area contributed by atoms with Gasteiger partial charge in [0.25, 0.3) is 5.56 Å². The lowest BCUT2D eigenvalue weighted by Gasteiger charge is -2.11. The van der Waals surface area contributed by atoms with Crippen LogP contribution in [-0.2, 0) is 4.79 Å². The maximum Gasteiger partial charge on any atom is 0.258 e. The number of carbonyl (C=O) groups is 1. The number of thioether (sulfide) groups is 1. The quantitative estimate of drug-likeness (QED) is 0.696. The van der Waals surface area contributed by atoms with Gasteiger partial charge in [-0.1, -0.05) is 12.1 Å². The fourth-order valence-electron chi connectivity index (χ4n) is 2.45. The van der Waals surface area contributed by atoms with Crippen LogP contribution in [0.4, 0.5) is 5.69 Å². The van der Waals surface area contributed by atoms with Crippen molar-refractivity contribution >= 4 is 34.3 Å². The Hall–Kier alpha value is -2.80. The zero-order valence-electron chi connectivity index (χ0n) is 14.5. The molecular formula is C19H19N3O3S. The molecule has 0 aliphatic heterocycles. The minimum Gasteiger partial charge on any atom is -0.497 e. The number of methoxy groups -OCH3 is 1. The molecule has 6 nitrogen and oxygen atoms in total. The average Bonchev–Trinajstić information content (AvgIpc) is 2.66. The first-order chi connectivity index (χ1) is 12.6. The number of aromatic amines is 1. The van der Waals surface area contributed by atoms with E-state index in [0.717, 1.165) is 5.75 Å². The molecule has 2 aromatic carbocycles. The van der Waals surface area contributed by atoms with E-state index in [1.807, 2.05) is 19.1 Å². The van der Waals surface area contributed by atoms with Gasteiger partial charge in [-0.2, -0.15) is 0 Å². The largest absolute Gasteiger partial charge is 0.497 e. The molecule has 0 aliphatic rings. The second-order valence-corrected chi connectivity index (χ2v) is 7.03. The fraction of sp³-hybridized carbons (Fsp3) is 0.211. The molecule has 0 saturated heterocycles. The number of nitrogens with one attached hydrogen (secondary N) is 2. The highest BCUT2D eigenvalue weighted by Gasteiger charge is 2.13. The summed E-state index contributed by atoms with van der Waals surface area (Å²) >= 11 is 1.41. The molecular weight excluding hydrogens is 350 g/mol. The van der Waals surface area contributed by atoms with Gasteiger partial charge in [0, 0.05) is 5.69 Å². The van der Waals surface area contributed by atoms with E-state index >= 15 is 0 Å². The molecule has 3 aromatic rings. The van der Waals surface area contributed by atoms with Gasteiger partial charge in [0.15, 0.2) is 0 Å². The van der Waals surface area contributed by atoms with Crippen molar-refractivity contribution < 1.29 is 9.53 Å². The molecule has 0 bridgehead atoms. The number of para-hydroxylation sites is 1. The van der Waals surface area contributed by atoms with Crippen LogP contribution in [0.15, 0.2) is 53.3 Å². The van der Waals surface area contributed by atoms with Gasteiger partial charge in [-0.25, -0.2) is 4.98 Å². The number of amides is 1. The second-order valence-electron chi connectivity index (χ2n) is 5.70. The van der Waals surface area contributed by atoms with Crippen molar-refractivity contribution in [1.29, 1.82) is 0 Å². The second kappa shape index (κ2) is 8.05. The topological polar surface area (TPSA) is 84.1 Å². The van der Waals surface area contributed by atoms with Crippen LogP contribution in [-0.4, -0.2) is 28.7 Å². The van der Waals surface area contributed by atoms with Crippen LogP contribution in [0.1, 0.15) is 18.0 Å². The Morgan fingerprint density at radius 3 is 2.69 bits per heavy atom. The van der Waals surface area contributed by atoms with Gasteiger partial charge in [0.2, 0.25) is 5.91 Å². The molecule has 0 saturated carbocycles. The summed E-state index contributed by atoms with van der Waals surface area (Å²) < 4.78 is 5.09. The first-order valence-corrected chi connectivity index (χ1v) is 9.16. The minimum atomic E-state index is -0.166. The van der Waals surface area contributed by atoms with Gasteiger partial charge in [-0.3, -0.25) is 9.59 Å². The third kappa shape index (κ3) is 4.23. The van der Waals surface area contributed by atoms with Crippen LogP contribution in [0.3, 0.4) is 0 Å². The van der Waals surface area contributed by atoms with Crippen LogP contribution < -0.4 is 15.6 Å². The average molecular weight is 369 g/mol. The predicted octanol–water partition coefficient (Wildman–Crippen LogP) is 3.36. The number of fused-ring (bicyclic) bond motifs is 1. The third-order valence-corrected chi connectivity index (χ3v) is 5.01. The molecule has 7 heteroatoms. The van der Waals surface area contributed by atoms with Crippen LogP contribution in [0.5, 0.6) is 5.75 Å². The molecule has 0 fully saturated rings. The minimum absolute atomic E-state index is 0.116. The van der Waals surface area contributed by atoms with Gasteiger partial charge in [0.1, 0.15) is 11.6 Å². The van der Waals surface area contributed by atoms with Gasteiger partial charge >= 0.3 is 0 Å². The first kappa shape index (κ1) is 18.0. The summed E-state index contributed by atoms with van der Waals surface area (Å²) in [5.74, 6) is 1.44. The van der Waals surface area contributed by atoms with E-state index in [0.29, 0.717) is 22.4 Å². The maximum absolute atomic E-state index is 12.1. The van der Waals surface area contributed by atoms with Crippen molar-refractivity contribution in [2.24, 2.45) is 0 Å². The highest BCUT2D eigenvalue weighted by atomic mass is 32.2. The zero-order valence-corrected chi connectivity index (χ0v) is 15.3. The summed E-state index contributed by atoms with van der Waals surface area (Å²) in [6.45, 7) is 1.92. The predicted molar refractivity (Wildman–Crippen MR) is 105 cm³/mol. The Kier molecular flexibility index (Phi) is 5.58. The number of carbonyl (C=O) groups excluding carboxylic acids is 1. The summed E-state index contributed by atoms with van der Waals surface area (Å²) in [4.78, 5) is 31.6. The van der Waals surface area contributed by atoms with Crippen LogP contribution >= 0.6 is 11.8 Å². The normalized spacial score (nSPS) is 11.9. The zero-order chi connectivity index (χ0) is 18.5. The number of hydrogen-bond acceptors (Lipinski definition) is 5. The molecule has 1 heterocycles. The highest BCUT2D eigenvalue weighted by Crippen LogP contribution is 2.26. The Morgan fingerprint density at radius 1 is 1.23 bits per heavy atom. The molecule has 0 aliphatic carbocycles. The van der Waals surface area contributed by atoms with Crippen LogP contribution in [0.2, 0.25) is 0 Å². The lowest BCUT2D eigenvalue weighted by molar-refractivity contribution is -0.113. The van der Waals surface area contributed by atoms with E-state index in [-0.39, 0.29) is 22.5 Å². The summed E-state index contributed by atoms with van der Waals surface area (Å²) in [6.07, 6.45) is 0. The molecule has 1 aromatic heterocycles. The van der Waals surface area contributed by atoms with Crippen LogP contribution in [0.25, 0.3) is 10.9 Å². The van der Waals surface area contributed by atoms with Crippen molar-refractivity contribution in [2.75, 3.05) is 18.2 Å². The Bertz CT molecular complexity index is 970. The maximum atomic E-state index is 12.1. The molecule has 3 rings (SSSR count). The monoisotopic (exact) mass is 369 g/mol. The molecule has 134 valence electrons. The Morgan fingerprint density at radius 2 is 1.96 bits per heavy atom. The molecule has 26 heavy (non-hydrogen) atoms. The van der Waals surface area contributed by atoms with Gasteiger partial charge in [0.05, 0.1) is 29.0 Å². The Labute approximate surface area is 155 Å². The fourth-order valence-corrected chi connectivity index (χ4v) is 3.19. The number of hydrogen-bond donors (Lipinski definition) is 2. The summed E-state index contributed by atoms with van der Waals surface area (Å²) in [7, 11) is 1.59. The molecule has 1 amide bonds.